The van der Waals surface area contributed by atoms with Gasteiger partial charge in [0.15, 0.2) is 0 Å². The number of hydrogen-bond donors (Lipinski definition) is 1. The van der Waals surface area contributed by atoms with E-state index < -0.39 is 16.1 Å². The molecule has 8 heteroatoms. The Hall–Kier alpha value is -1.93. The van der Waals surface area contributed by atoms with Crippen molar-refractivity contribution in [2.24, 2.45) is 5.92 Å². The molecule has 7 nitrogen and oxygen atoms in total. The van der Waals surface area contributed by atoms with Crippen LogP contribution in [0.25, 0.3) is 0 Å². The van der Waals surface area contributed by atoms with E-state index in [1.165, 1.54) is 4.31 Å². The second kappa shape index (κ2) is 9.26. The molecule has 2 amide bonds. The third-order valence-corrected chi connectivity index (χ3v) is 7.99. The normalized spacial score (nSPS) is 20.9. The highest BCUT2D eigenvalue weighted by atomic mass is 32.2. The molecule has 1 atom stereocenters. The zero-order valence-electron chi connectivity index (χ0n) is 17.3. The summed E-state index contributed by atoms with van der Waals surface area (Å²) >= 11 is 0. The molecule has 1 aromatic rings. The number of amides is 2. The quantitative estimate of drug-likeness (QED) is 0.755. The molecule has 29 heavy (non-hydrogen) atoms. The van der Waals surface area contributed by atoms with E-state index >= 15 is 0 Å². The van der Waals surface area contributed by atoms with Crippen LogP contribution in [0.15, 0.2) is 24.3 Å². The summed E-state index contributed by atoms with van der Waals surface area (Å²) in [7, 11) is -1.65. The summed E-state index contributed by atoms with van der Waals surface area (Å²) in [5.41, 5.74) is 2.17. The summed E-state index contributed by atoms with van der Waals surface area (Å²) in [6.07, 6.45) is 3.01. The number of benzene rings is 1. The van der Waals surface area contributed by atoms with E-state index in [9.17, 15) is 18.0 Å². The van der Waals surface area contributed by atoms with Crippen LogP contribution < -0.4 is 5.32 Å². The molecule has 1 N–H and O–H groups in total. The Kier molecular flexibility index (Phi) is 6.95. The molecular weight excluding hydrogens is 390 g/mol. The molecule has 0 saturated carbocycles. The van der Waals surface area contributed by atoms with E-state index in [0.29, 0.717) is 45.3 Å². The fraction of sp³-hybridized carbons (Fsp3) is 0.619. The summed E-state index contributed by atoms with van der Waals surface area (Å²) in [5.74, 6) is -0.278. The van der Waals surface area contributed by atoms with Crippen LogP contribution in [-0.2, 0) is 32.6 Å². The third-order valence-electron chi connectivity index (χ3n) is 6.03. The molecule has 0 aromatic heterocycles. The van der Waals surface area contributed by atoms with Gasteiger partial charge in [-0.05, 0) is 30.4 Å². The molecule has 2 aliphatic heterocycles. The maximum absolute atomic E-state index is 13.3. The van der Waals surface area contributed by atoms with E-state index in [1.807, 2.05) is 31.2 Å². The number of piperidine rings is 1. The van der Waals surface area contributed by atoms with Crippen molar-refractivity contribution in [2.75, 3.05) is 25.9 Å². The van der Waals surface area contributed by atoms with Gasteiger partial charge in [0.2, 0.25) is 21.8 Å². The number of hydrogen-bond acceptors (Lipinski definition) is 4. The van der Waals surface area contributed by atoms with Gasteiger partial charge in [0.05, 0.1) is 5.75 Å². The highest BCUT2D eigenvalue weighted by molar-refractivity contribution is 7.89. The number of nitrogens with one attached hydrogen (secondary N) is 1. The maximum Gasteiger partial charge on any atom is 0.242 e. The fourth-order valence-corrected chi connectivity index (χ4v) is 5.91. The Labute approximate surface area is 173 Å². The van der Waals surface area contributed by atoms with Gasteiger partial charge in [0.25, 0.3) is 0 Å². The molecule has 3 rings (SSSR count). The van der Waals surface area contributed by atoms with Crippen LogP contribution in [0.4, 0.5) is 0 Å². The van der Waals surface area contributed by atoms with Gasteiger partial charge < -0.3 is 10.2 Å². The molecule has 2 aliphatic rings. The smallest absolute Gasteiger partial charge is 0.242 e. The minimum atomic E-state index is -3.24. The van der Waals surface area contributed by atoms with Gasteiger partial charge in [-0.1, -0.05) is 37.6 Å². The van der Waals surface area contributed by atoms with Crippen LogP contribution in [0.3, 0.4) is 0 Å². The molecule has 0 unspecified atom stereocenters. The summed E-state index contributed by atoms with van der Waals surface area (Å²) in [5, 5.41) is 2.68. The Balaban J connectivity index is 1.70. The van der Waals surface area contributed by atoms with Crippen molar-refractivity contribution in [3.8, 4) is 0 Å². The Bertz CT molecular complexity index is 847. The molecule has 160 valence electrons. The highest BCUT2D eigenvalue weighted by Crippen LogP contribution is 2.28. The number of rotatable bonds is 6. The van der Waals surface area contributed by atoms with Crippen molar-refractivity contribution in [3.63, 3.8) is 0 Å². The van der Waals surface area contributed by atoms with Crippen molar-refractivity contribution in [1.29, 1.82) is 0 Å². The lowest BCUT2D eigenvalue weighted by Crippen LogP contribution is -2.54. The lowest BCUT2D eigenvalue weighted by molar-refractivity contribution is -0.145. The number of unbranched alkanes of at least 4 members (excludes halogenated alkanes) is 1. The molecule has 2 heterocycles. The standard InChI is InChI=1S/C21H31N3O4S/c1-3-4-13-29(27,28)23-11-9-16(10-12-23)21(26)24-15-18-8-6-5-7-17(18)14-19(24)20(25)22-2/h5-8,16,19H,3-4,9-15H2,1-2H3,(H,22,25)/t19-/m0/s1. The summed E-state index contributed by atoms with van der Waals surface area (Å²) < 4.78 is 26.4. The fourth-order valence-electron chi connectivity index (χ4n) is 4.23. The van der Waals surface area contributed by atoms with Gasteiger partial charge in [-0.3, -0.25) is 9.59 Å². The minimum absolute atomic E-state index is 0.0429. The van der Waals surface area contributed by atoms with Gasteiger partial charge in [-0.2, -0.15) is 0 Å². The molecular formula is C21H31N3O4S. The van der Waals surface area contributed by atoms with Crippen LogP contribution in [0.1, 0.15) is 43.7 Å². The Morgan fingerprint density at radius 1 is 1.14 bits per heavy atom. The van der Waals surface area contributed by atoms with Crippen LogP contribution >= 0.6 is 0 Å². The van der Waals surface area contributed by atoms with Crippen LogP contribution in [-0.4, -0.2) is 61.4 Å². The zero-order chi connectivity index (χ0) is 21.0. The second-order valence-electron chi connectivity index (χ2n) is 7.91. The molecule has 0 radical (unpaired) electrons. The number of nitrogens with zero attached hydrogens (tertiary/aromatic N) is 2. The lowest BCUT2D eigenvalue weighted by atomic mass is 9.90. The van der Waals surface area contributed by atoms with Crippen molar-refractivity contribution < 1.29 is 18.0 Å². The highest BCUT2D eigenvalue weighted by Gasteiger charge is 2.39. The van der Waals surface area contributed by atoms with E-state index in [4.69, 9.17) is 0 Å². The van der Waals surface area contributed by atoms with Crippen molar-refractivity contribution in [1.82, 2.24) is 14.5 Å². The molecule has 0 spiro atoms. The van der Waals surface area contributed by atoms with Crippen LogP contribution in [0.5, 0.6) is 0 Å². The number of likely N-dealkylation sites (N-methyl/N-ethyl adjacent to an activating group) is 1. The van der Waals surface area contributed by atoms with Crippen molar-refractivity contribution in [3.05, 3.63) is 35.4 Å². The van der Waals surface area contributed by atoms with Crippen LogP contribution in [0.2, 0.25) is 0 Å². The summed E-state index contributed by atoms with van der Waals surface area (Å²) in [4.78, 5) is 27.5. The molecule has 0 bridgehead atoms. The maximum atomic E-state index is 13.3. The number of sulfonamides is 1. The van der Waals surface area contributed by atoms with Crippen LogP contribution in [0, 0.1) is 5.92 Å². The first-order valence-corrected chi connectivity index (χ1v) is 12.0. The SMILES string of the molecule is CCCCS(=O)(=O)N1CCC(C(=O)N2Cc3ccccc3C[C@H]2C(=O)NC)CC1. The monoisotopic (exact) mass is 421 g/mol. The Morgan fingerprint density at radius 2 is 1.79 bits per heavy atom. The van der Waals surface area contributed by atoms with E-state index in [-0.39, 0.29) is 23.5 Å². The van der Waals surface area contributed by atoms with Gasteiger partial charge in [0, 0.05) is 39.0 Å². The third kappa shape index (κ3) is 4.80. The van der Waals surface area contributed by atoms with Gasteiger partial charge in [0.1, 0.15) is 6.04 Å². The van der Waals surface area contributed by atoms with Crippen molar-refractivity contribution >= 4 is 21.8 Å². The number of fused-ring (bicyclic) bond motifs is 1. The Morgan fingerprint density at radius 3 is 2.41 bits per heavy atom. The van der Waals surface area contributed by atoms with E-state index in [1.54, 1.807) is 11.9 Å². The second-order valence-corrected chi connectivity index (χ2v) is 10.0. The van der Waals surface area contributed by atoms with E-state index in [0.717, 1.165) is 17.5 Å². The molecule has 1 aromatic carbocycles. The summed E-state index contributed by atoms with van der Waals surface area (Å²) in [6.45, 7) is 3.14. The lowest BCUT2D eigenvalue weighted by Gasteiger charge is -2.39. The van der Waals surface area contributed by atoms with Crippen molar-refractivity contribution in [2.45, 2.75) is 51.6 Å². The molecule has 1 saturated heterocycles. The number of carbonyl (C=O) groups is 2. The molecule has 0 aliphatic carbocycles. The predicted octanol–water partition coefficient (Wildman–Crippen LogP) is 1.53. The zero-order valence-corrected chi connectivity index (χ0v) is 18.1. The first kappa shape index (κ1) is 21.8. The van der Waals surface area contributed by atoms with E-state index in [2.05, 4.69) is 5.32 Å². The topological polar surface area (TPSA) is 86.8 Å². The minimum Gasteiger partial charge on any atom is -0.357 e. The average Bonchev–Trinajstić information content (AvgIpc) is 2.75. The number of carbonyl (C=O) groups excluding carboxylic acids is 2. The average molecular weight is 422 g/mol. The first-order valence-electron chi connectivity index (χ1n) is 10.4. The van der Waals surface area contributed by atoms with Gasteiger partial charge in [-0.25, -0.2) is 12.7 Å². The molecule has 1 fully saturated rings. The largest absolute Gasteiger partial charge is 0.357 e. The first-order chi connectivity index (χ1) is 13.9. The van der Waals surface area contributed by atoms with Gasteiger partial charge in [-0.15, -0.1) is 0 Å². The predicted molar refractivity (Wildman–Crippen MR) is 112 cm³/mol. The van der Waals surface area contributed by atoms with Gasteiger partial charge >= 0.3 is 0 Å². The summed E-state index contributed by atoms with van der Waals surface area (Å²) in [6, 6.07) is 7.38.